The quantitative estimate of drug-likeness (QED) is 0.852. The third-order valence-corrected chi connectivity index (χ3v) is 2.68. The van der Waals surface area contributed by atoms with Gasteiger partial charge in [0.1, 0.15) is 0 Å². The van der Waals surface area contributed by atoms with E-state index in [4.69, 9.17) is 0 Å². The van der Waals surface area contributed by atoms with Crippen LogP contribution in [0, 0.1) is 6.07 Å². The van der Waals surface area contributed by atoms with E-state index in [-0.39, 0.29) is 11.8 Å². The minimum atomic E-state index is -0.152. The predicted molar refractivity (Wildman–Crippen MR) is 68.8 cm³/mol. The fourth-order valence-corrected chi connectivity index (χ4v) is 1.61. The normalized spacial score (nSPS) is 11.8. The van der Waals surface area contributed by atoms with Crippen molar-refractivity contribution in [3.8, 4) is 0 Å². The van der Waals surface area contributed by atoms with Gasteiger partial charge in [-0.1, -0.05) is 42.5 Å². The molecule has 2 aromatic carbocycles. The van der Waals surface area contributed by atoms with Crippen LogP contribution in [-0.2, 0) is 4.79 Å². The Morgan fingerprint density at radius 2 is 1.76 bits per heavy atom. The summed E-state index contributed by atoms with van der Waals surface area (Å²) >= 11 is 0. The minimum Gasteiger partial charge on any atom is -0.326 e. The fourth-order valence-electron chi connectivity index (χ4n) is 1.61. The second-order valence-corrected chi connectivity index (χ2v) is 3.91. The largest absolute Gasteiger partial charge is 0.326 e. The van der Waals surface area contributed by atoms with Crippen molar-refractivity contribution in [3.05, 3.63) is 66.2 Å². The lowest BCUT2D eigenvalue weighted by atomic mass is 10.0. The first kappa shape index (κ1) is 11.4. The van der Waals surface area contributed by atoms with Crippen LogP contribution in [0.1, 0.15) is 18.4 Å². The summed E-state index contributed by atoms with van der Waals surface area (Å²) in [4.78, 5) is 12.0. The van der Waals surface area contributed by atoms with Crippen molar-refractivity contribution in [2.24, 2.45) is 0 Å². The number of rotatable bonds is 3. The van der Waals surface area contributed by atoms with E-state index in [2.05, 4.69) is 11.4 Å². The molecule has 2 aromatic rings. The molecule has 0 bridgehead atoms. The van der Waals surface area contributed by atoms with Crippen molar-refractivity contribution >= 4 is 11.6 Å². The average Bonchev–Trinajstić information content (AvgIpc) is 2.40. The van der Waals surface area contributed by atoms with Gasteiger partial charge in [0.15, 0.2) is 0 Å². The van der Waals surface area contributed by atoms with Gasteiger partial charge in [0.25, 0.3) is 0 Å². The summed E-state index contributed by atoms with van der Waals surface area (Å²) in [7, 11) is 0. The maximum atomic E-state index is 12.0. The smallest absolute Gasteiger partial charge is 0.231 e. The van der Waals surface area contributed by atoms with Crippen LogP contribution in [0.4, 0.5) is 5.69 Å². The molecule has 0 aliphatic rings. The molecule has 1 atom stereocenters. The molecule has 0 fully saturated rings. The van der Waals surface area contributed by atoms with E-state index in [0.717, 1.165) is 11.3 Å². The summed E-state index contributed by atoms with van der Waals surface area (Å²) in [5, 5.41) is 2.88. The lowest BCUT2D eigenvalue weighted by Crippen LogP contribution is -2.18. The maximum absolute atomic E-state index is 12.0. The molecule has 0 saturated carbocycles. The Hall–Kier alpha value is -2.09. The Bertz CT molecular complexity index is 479. The van der Waals surface area contributed by atoms with E-state index in [1.165, 1.54) is 0 Å². The highest BCUT2D eigenvalue weighted by atomic mass is 16.1. The zero-order chi connectivity index (χ0) is 12.1. The van der Waals surface area contributed by atoms with E-state index in [9.17, 15) is 4.79 Å². The highest BCUT2D eigenvalue weighted by molar-refractivity contribution is 5.95. The molecule has 85 valence electrons. The Balaban J connectivity index is 2.06. The zero-order valence-electron chi connectivity index (χ0n) is 9.68. The first-order valence-electron chi connectivity index (χ1n) is 5.59. The molecule has 2 rings (SSSR count). The van der Waals surface area contributed by atoms with Crippen molar-refractivity contribution < 1.29 is 4.79 Å². The Morgan fingerprint density at radius 3 is 2.41 bits per heavy atom. The molecule has 1 unspecified atom stereocenters. The lowest BCUT2D eigenvalue weighted by Gasteiger charge is -2.12. The van der Waals surface area contributed by atoms with Crippen molar-refractivity contribution in [1.29, 1.82) is 0 Å². The molecule has 0 heterocycles. The summed E-state index contributed by atoms with van der Waals surface area (Å²) < 4.78 is 0. The number of hydrogen-bond acceptors (Lipinski definition) is 1. The van der Waals surface area contributed by atoms with Gasteiger partial charge in [-0.3, -0.25) is 4.79 Å². The molecule has 0 aromatic heterocycles. The Kier molecular flexibility index (Phi) is 3.55. The van der Waals surface area contributed by atoms with Gasteiger partial charge < -0.3 is 5.32 Å². The average molecular weight is 224 g/mol. The van der Waals surface area contributed by atoms with Crippen LogP contribution in [0.15, 0.2) is 54.6 Å². The monoisotopic (exact) mass is 224 g/mol. The van der Waals surface area contributed by atoms with Gasteiger partial charge in [-0.2, -0.15) is 0 Å². The minimum absolute atomic E-state index is 0.00222. The summed E-state index contributed by atoms with van der Waals surface area (Å²) in [5.41, 5.74) is 1.82. The number of nitrogens with one attached hydrogen (secondary N) is 1. The van der Waals surface area contributed by atoms with Crippen LogP contribution < -0.4 is 5.32 Å². The van der Waals surface area contributed by atoms with Gasteiger partial charge in [0, 0.05) is 5.69 Å². The van der Waals surface area contributed by atoms with Gasteiger partial charge in [-0.25, -0.2) is 0 Å². The fraction of sp³-hybridized carbons (Fsp3) is 0.133. The third kappa shape index (κ3) is 2.94. The van der Waals surface area contributed by atoms with Gasteiger partial charge >= 0.3 is 0 Å². The SMILES string of the molecule is CC(C(=O)Nc1cc[c]cc1)c1ccccc1. The van der Waals surface area contributed by atoms with Crippen LogP contribution in [0.3, 0.4) is 0 Å². The Labute approximate surface area is 101 Å². The first-order chi connectivity index (χ1) is 8.27. The lowest BCUT2D eigenvalue weighted by molar-refractivity contribution is -0.117. The van der Waals surface area contributed by atoms with Gasteiger partial charge in [-0.05, 0) is 30.7 Å². The van der Waals surface area contributed by atoms with Gasteiger partial charge in [0.05, 0.1) is 5.92 Å². The molecular weight excluding hydrogens is 210 g/mol. The summed E-state index contributed by atoms with van der Waals surface area (Å²) in [5.74, 6) is -0.150. The van der Waals surface area contributed by atoms with Crippen LogP contribution in [-0.4, -0.2) is 5.91 Å². The van der Waals surface area contributed by atoms with Crippen LogP contribution >= 0.6 is 0 Å². The second kappa shape index (κ2) is 5.30. The molecule has 1 radical (unpaired) electrons. The van der Waals surface area contributed by atoms with Crippen molar-refractivity contribution in [1.82, 2.24) is 0 Å². The van der Waals surface area contributed by atoms with E-state index in [1.54, 1.807) is 12.1 Å². The number of carbonyl (C=O) groups is 1. The molecule has 2 heteroatoms. The number of hydrogen-bond donors (Lipinski definition) is 1. The van der Waals surface area contributed by atoms with E-state index in [1.807, 2.05) is 49.4 Å². The molecule has 0 aliphatic heterocycles. The standard InChI is InChI=1S/C15H14NO/c1-12(13-8-4-2-5-9-13)15(17)16-14-10-6-3-7-11-14/h2,4-12H,1H3,(H,16,17). The van der Waals surface area contributed by atoms with Gasteiger partial charge in [0.2, 0.25) is 5.91 Å². The number of anilines is 1. The molecule has 0 aliphatic carbocycles. The van der Waals surface area contributed by atoms with Gasteiger partial charge in [-0.15, -0.1) is 0 Å². The highest BCUT2D eigenvalue weighted by Gasteiger charge is 2.14. The summed E-state index contributed by atoms with van der Waals surface area (Å²) in [6.07, 6.45) is 0. The van der Waals surface area contributed by atoms with E-state index < -0.39 is 0 Å². The highest BCUT2D eigenvalue weighted by Crippen LogP contribution is 2.17. The second-order valence-electron chi connectivity index (χ2n) is 3.91. The zero-order valence-corrected chi connectivity index (χ0v) is 9.68. The van der Waals surface area contributed by atoms with Crippen LogP contribution in [0.2, 0.25) is 0 Å². The topological polar surface area (TPSA) is 29.1 Å². The molecule has 2 nitrogen and oxygen atoms in total. The molecule has 0 spiro atoms. The molecule has 1 amide bonds. The molecule has 17 heavy (non-hydrogen) atoms. The van der Waals surface area contributed by atoms with Crippen molar-refractivity contribution in [3.63, 3.8) is 0 Å². The first-order valence-corrected chi connectivity index (χ1v) is 5.59. The number of amides is 1. The van der Waals surface area contributed by atoms with Crippen LogP contribution in [0.25, 0.3) is 0 Å². The van der Waals surface area contributed by atoms with Crippen LogP contribution in [0.5, 0.6) is 0 Å². The summed E-state index contributed by atoms with van der Waals surface area (Å²) in [6.45, 7) is 1.90. The van der Waals surface area contributed by atoms with Crippen molar-refractivity contribution in [2.75, 3.05) is 5.32 Å². The number of carbonyl (C=O) groups excluding carboxylic acids is 1. The molecule has 1 N–H and O–H groups in total. The Morgan fingerprint density at radius 1 is 1.12 bits per heavy atom. The van der Waals surface area contributed by atoms with E-state index >= 15 is 0 Å². The van der Waals surface area contributed by atoms with E-state index in [0.29, 0.717) is 0 Å². The van der Waals surface area contributed by atoms with Crippen molar-refractivity contribution in [2.45, 2.75) is 12.8 Å². The summed E-state index contributed by atoms with van der Waals surface area (Å²) in [6, 6.07) is 19.9. The third-order valence-electron chi connectivity index (χ3n) is 2.68. The number of benzene rings is 2. The maximum Gasteiger partial charge on any atom is 0.231 e. The predicted octanol–water partition coefficient (Wildman–Crippen LogP) is 3.23. The molecule has 0 saturated heterocycles. The molecular formula is C15H14NO.